The van der Waals surface area contributed by atoms with Crippen molar-refractivity contribution in [2.75, 3.05) is 20.2 Å². The second-order valence-corrected chi connectivity index (χ2v) is 8.14. The molecule has 0 spiro atoms. The number of hydrogen-bond donors (Lipinski definition) is 1. The Morgan fingerprint density at radius 1 is 1.03 bits per heavy atom. The van der Waals surface area contributed by atoms with Crippen LogP contribution in [-0.4, -0.2) is 46.9 Å². The van der Waals surface area contributed by atoms with Crippen LogP contribution in [0.15, 0.2) is 67.3 Å². The summed E-state index contributed by atoms with van der Waals surface area (Å²) in [6.45, 7) is 0.929. The number of ether oxygens (including phenoxy) is 1. The Morgan fingerprint density at radius 3 is 2.44 bits per heavy atom. The summed E-state index contributed by atoms with van der Waals surface area (Å²) >= 11 is 0. The van der Waals surface area contributed by atoms with Crippen molar-refractivity contribution in [1.29, 1.82) is 0 Å². The monoisotopic (exact) mass is 430 g/mol. The topological polar surface area (TPSA) is 98.4 Å². The number of para-hydroxylation sites is 1. The van der Waals surface area contributed by atoms with Crippen LogP contribution in [0.3, 0.4) is 0 Å². The Balaban J connectivity index is 1.51. The zero-order chi connectivity index (χ0) is 22.6. The highest BCUT2D eigenvalue weighted by atomic mass is 16.5. The molecular formula is C25H26N4O3. The molecule has 7 nitrogen and oxygen atoms in total. The van der Waals surface area contributed by atoms with Gasteiger partial charge in [-0.2, -0.15) is 0 Å². The molecule has 2 heterocycles. The molecule has 1 aromatic heterocycles. The molecule has 32 heavy (non-hydrogen) atoms. The molecule has 0 bridgehead atoms. The minimum absolute atomic E-state index is 0.0911. The van der Waals surface area contributed by atoms with Crippen LogP contribution in [0.1, 0.15) is 28.8 Å². The molecule has 1 aliphatic rings. The fourth-order valence-corrected chi connectivity index (χ4v) is 4.34. The zero-order valence-corrected chi connectivity index (χ0v) is 18.0. The summed E-state index contributed by atoms with van der Waals surface area (Å²) in [6, 6.07) is 15.2. The van der Waals surface area contributed by atoms with Gasteiger partial charge >= 0.3 is 0 Å². The lowest BCUT2D eigenvalue weighted by atomic mass is 9.73. The van der Waals surface area contributed by atoms with Gasteiger partial charge < -0.3 is 15.4 Å². The fraction of sp³-hybridized carbons (Fsp3) is 0.280. The van der Waals surface area contributed by atoms with Gasteiger partial charge in [0.25, 0.3) is 5.91 Å². The van der Waals surface area contributed by atoms with E-state index in [9.17, 15) is 9.59 Å². The van der Waals surface area contributed by atoms with Crippen molar-refractivity contribution < 1.29 is 14.3 Å². The average Bonchev–Trinajstić information content (AvgIpc) is 2.84. The quantitative estimate of drug-likeness (QED) is 0.648. The molecule has 7 heteroatoms. The van der Waals surface area contributed by atoms with Gasteiger partial charge in [-0.1, -0.05) is 36.4 Å². The molecule has 1 aliphatic heterocycles. The minimum Gasteiger partial charge on any atom is -0.496 e. The Morgan fingerprint density at radius 2 is 1.75 bits per heavy atom. The van der Waals surface area contributed by atoms with Crippen molar-refractivity contribution in [2.45, 2.75) is 19.3 Å². The molecule has 2 aromatic carbocycles. The predicted octanol–water partition coefficient (Wildman–Crippen LogP) is 3.10. The lowest BCUT2D eigenvalue weighted by Gasteiger charge is -2.40. The number of nitrogens with two attached hydrogens (primary N) is 1. The Hall–Kier alpha value is -3.74. The first kappa shape index (κ1) is 21.5. The number of hydrogen-bond acceptors (Lipinski definition) is 5. The number of methoxy groups -OCH3 is 1. The van der Waals surface area contributed by atoms with E-state index in [4.69, 9.17) is 10.5 Å². The molecule has 2 N–H and O–H groups in total. The van der Waals surface area contributed by atoms with Gasteiger partial charge in [-0.25, -0.2) is 9.97 Å². The summed E-state index contributed by atoms with van der Waals surface area (Å²) in [7, 11) is 1.55. The lowest BCUT2D eigenvalue weighted by molar-refractivity contribution is -0.130. The van der Waals surface area contributed by atoms with E-state index >= 15 is 0 Å². The highest BCUT2D eigenvalue weighted by molar-refractivity contribution is 5.97. The number of carbonyl (C=O) groups is 2. The summed E-state index contributed by atoms with van der Waals surface area (Å²) in [6.07, 6.45) is 6.58. The van der Waals surface area contributed by atoms with E-state index in [0.717, 1.165) is 16.7 Å². The van der Waals surface area contributed by atoms with Crippen molar-refractivity contribution in [1.82, 2.24) is 14.9 Å². The maximum atomic E-state index is 13.0. The maximum absolute atomic E-state index is 13.0. The number of benzene rings is 2. The van der Waals surface area contributed by atoms with E-state index in [1.54, 1.807) is 36.5 Å². The second-order valence-electron chi connectivity index (χ2n) is 8.14. The zero-order valence-electron chi connectivity index (χ0n) is 18.0. The SMILES string of the molecule is COc1ccccc1C(=O)N1CCC(Cc2cccc(-c3cncnc3)c2)(C(N)=O)CC1. The van der Waals surface area contributed by atoms with E-state index in [0.29, 0.717) is 43.7 Å². The van der Waals surface area contributed by atoms with Crippen LogP contribution in [0.2, 0.25) is 0 Å². The second kappa shape index (κ2) is 9.18. The molecule has 2 amide bonds. The van der Waals surface area contributed by atoms with Crippen molar-refractivity contribution in [3.8, 4) is 16.9 Å². The van der Waals surface area contributed by atoms with Gasteiger partial charge in [0.05, 0.1) is 18.1 Å². The summed E-state index contributed by atoms with van der Waals surface area (Å²) in [5, 5.41) is 0. The fourth-order valence-electron chi connectivity index (χ4n) is 4.34. The summed E-state index contributed by atoms with van der Waals surface area (Å²) in [4.78, 5) is 35.5. The van der Waals surface area contributed by atoms with Crippen LogP contribution in [-0.2, 0) is 11.2 Å². The summed E-state index contributed by atoms with van der Waals surface area (Å²) < 4.78 is 5.33. The molecule has 1 saturated heterocycles. The van der Waals surface area contributed by atoms with Crippen molar-refractivity contribution in [3.05, 3.63) is 78.4 Å². The first-order chi connectivity index (χ1) is 15.5. The third-order valence-electron chi connectivity index (χ3n) is 6.23. The van der Waals surface area contributed by atoms with Crippen LogP contribution in [0.4, 0.5) is 0 Å². The Kier molecular flexibility index (Phi) is 6.16. The molecule has 0 saturated carbocycles. The number of piperidine rings is 1. The molecule has 0 aliphatic carbocycles. The molecule has 3 aromatic rings. The smallest absolute Gasteiger partial charge is 0.257 e. The molecule has 1 fully saturated rings. The number of carbonyl (C=O) groups excluding carboxylic acids is 2. The Labute approximate surface area is 187 Å². The lowest BCUT2D eigenvalue weighted by Crippen LogP contribution is -2.49. The maximum Gasteiger partial charge on any atom is 0.257 e. The van der Waals surface area contributed by atoms with Crippen LogP contribution in [0.5, 0.6) is 5.75 Å². The predicted molar refractivity (Wildman–Crippen MR) is 121 cm³/mol. The van der Waals surface area contributed by atoms with Crippen molar-refractivity contribution >= 4 is 11.8 Å². The number of aromatic nitrogens is 2. The van der Waals surface area contributed by atoms with Crippen LogP contribution in [0.25, 0.3) is 11.1 Å². The number of primary amides is 1. The Bertz CT molecular complexity index is 1110. The van der Waals surface area contributed by atoms with Gasteiger partial charge in [0.2, 0.25) is 5.91 Å². The average molecular weight is 431 g/mol. The molecular weight excluding hydrogens is 404 g/mol. The van der Waals surface area contributed by atoms with Gasteiger partial charge in [-0.3, -0.25) is 9.59 Å². The number of likely N-dealkylation sites (tertiary alicyclic amines) is 1. The van der Waals surface area contributed by atoms with Gasteiger partial charge in [0.15, 0.2) is 0 Å². The molecule has 164 valence electrons. The molecule has 0 atom stereocenters. The normalized spacial score (nSPS) is 15.2. The van der Waals surface area contributed by atoms with Gasteiger partial charge in [0, 0.05) is 31.0 Å². The molecule has 0 unspecified atom stereocenters. The highest BCUT2D eigenvalue weighted by Gasteiger charge is 2.41. The molecule has 0 radical (unpaired) electrons. The van der Waals surface area contributed by atoms with Gasteiger partial charge in [0.1, 0.15) is 12.1 Å². The van der Waals surface area contributed by atoms with Crippen LogP contribution >= 0.6 is 0 Å². The number of rotatable bonds is 6. The van der Waals surface area contributed by atoms with Crippen LogP contribution < -0.4 is 10.5 Å². The summed E-state index contributed by atoms with van der Waals surface area (Å²) in [5.41, 5.74) is 8.66. The third kappa shape index (κ3) is 4.32. The van der Waals surface area contributed by atoms with Gasteiger partial charge in [-0.05, 0) is 42.5 Å². The molecule has 4 rings (SSSR count). The largest absolute Gasteiger partial charge is 0.496 e. The van der Waals surface area contributed by atoms with E-state index in [-0.39, 0.29) is 11.8 Å². The van der Waals surface area contributed by atoms with Crippen LogP contribution in [0, 0.1) is 5.41 Å². The van der Waals surface area contributed by atoms with Crippen molar-refractivity contribution in [2.24, 2.45) is 11.1 Å². The van der Waals surface area contributed by atoms with Gasteiger partial charge in [-0.15, -0.1) is 0 Å². The third-order valence-corrected chi connectivity index (χ3v) is 6.23. The van der Waals surface area contributed by atoms with E-state index in [1.165, 1.54) is 6.33 Å². The number of nitrogens with zero attached hydrogens (tertiary/aromatic N) is 3. The van der Waals surface area contributed by atoms with Crippen molar-refractivity contribution in [3.63, 3.8) is 0 Å². The highest BCUT2D eigenvalue weighted by Crippen LogP contribution is 2.36. The van der Waals surface area contributed by atoms with E-state index in [1.807, 2.05) is 30.3 Å². The standard InChI is InChI=1S/C25H26N4O3/c1-32-22-8-3-2-7-21(22)23(30)29-11-9-25(10-12-29,24(26)31)14-18-5-4-6-19(13-18)20-15-27-17-28-16-20/h2-8,13,15-17H,9-12,14H2,1H3,(H2,26,31). The van der Waals surface area contributed by atoms with E-state index < -0.39 is 5.41 Å². The first-order valence-corrected chi connectivity index (χ1v) is 10.6. The minimum atomic E-state index is -0.691. The van der Waals surface area contributed by atoms with E-state index in [2.05, 4.69) is 16.0 Å². The first-order valence-electron chi connectivity index (χ1n) is 10.6. The summed E-state index contributed by atoms with van der Waals surface area (Å²) in [5.74, 6) is 0.132. The number of amides is 2.